The van der Waals surface area contributed by atoms with Crippen molar-refractivity contribution in [2.45, 2.75) is 51.5 Å². The smallest absolute Gasteiger partial charge is 0.332 e. The largest absolute Gasteiger partial charge is 0.466 e. The van der Waals surface area contributed by atoms with Gasteiger partial charge in [-0.1, -0.05) is 41.8 Å². The number of nitriles is 1. The molecule has 0 spiro atoms. The van der Waals surface area contributed by atoms with Crippen LogP contribution in [0.25, 0.3) is 0 Å². The molecule has 2 aromatic rings. The van der Waals surface area contributed by atoms with Gasteiger partial charge in [0.2, 0.25) is 0 Å². The summed E-state index contributed by atoms with van der Waals surface area (Å²) in [6, 6.07) is 11.4. The Bertz CT molecular complexity index is 1130. The fourth-order valence-electron chi connectivity index (χ4n) is 4.14. The second-order valence-electron chi connectivity index (χ2n) is 8.42. The van der Waals surface area contributed by atoms with Crippen molar-refractivity contribution in [1.29, 1.82) is 5.26 Å². The van der Waals surface area contributed by atoms with Crippen LogP contribution in [0.2, 0.25) is 10.3 Å². The third-order valence-electron chi connectivity index (χ3n) is 5.89. The molecular formula is C25H26Cl2N4O4. The first-order valence-electron chi connectivity index (χ1n) is 11.3. The molecule has 3 rings (SSSR count). The zero-order valence-electron chi connectivity index (χ0n) is 19.6. The van der Waals surface area contributed by atoms with Gasteiger partial charge in [0, 0.05) is 19.4 Å². The molecule has 0 aliphatic carbocycles. The minimum Gasteiger partial charge on any atom is -0.466 e. The highest BCUT2D eigenvalue weighted by Crippen LogP contribution is 2.36. The molecule has 1 fully saturated rings. The van der Waals surface area contributed by atoms with Crippen molar-refractivity contribution in [2.75, 3.05) is 18.1 Å². The van der Waals surface area contributed by atoms with Crippen LogP contribution in [0, 0.1) is 11.3 Å². The van der Waals surface area contributed by atoms with Crippen LogP contribution in [0.4, 0.5) is 10.5 Å². The number of urea groups is 1. The molecule has 0 saturated carbocycles. The van der Waals surface area contributed by atoms with Gasteiger partial charge < -0.3 is 9.64 Å². The average Bonchev–Trinajstić information content (AvgIpc) is 2.98. The number of nitrogens with zero attached hydrogens (tertiary/aromatic N) is 4. The number of imide groups is 1. The summed E-state index contributed by atoms with van der Waals surface area (Å²) in [6.45, 7) is 4.16. The van der Waals surface area contributed by atoms with Gasteiger partial charge in [0.15, 0.2) is 0 Å². The van der Waals surface area contributed by atoms with Gasteiger partial charge in [-0.05, 0) is 56.5 Å². The molecule has 1 aliphatic heterocycles. The predicted molar refractivity (Wildman–Crippen MR) is 132 cm³/mol. The minimum absolute atomic E-state index is 0.0688. The van der Waals surface area contributed by atoms with E-state index >= 15 is 0 Å². The molecule has 1 aromatic heterocycles. The number of hydrogen-bond donors (Lipinski definition) is 0. The molecular weight excluding hydrogens is 491 g/mol. The molecule has 1 atom stereocenters. The number of pyridine rings is 1. The summed E-state index contributed by atoms with van der Waals surface area (Å²) in [6.07, 6.45) is 2.49. The summed E-state index contributed by atoms with van der Waals surface area (Å²) in [5, 5.41) is 9.21. The van der Waals surface area contributed by atoms with E-state index in [0.29, 0.717) is 44.4 Å². The molecule has 0 N–H and O–H groups in total. The minimum atomic E-state index is -1.17. The van der Waals surface area contributed by atoms with E-state index in [0.717, 1.165) is 10.5 Å². The van der Waals surface area contributed by atoms with Gasteiger partial charge in [-0.3, -0.25) is 9.59 Å². The van der Waals surface area contributed by atoms with Gasteiger partial charge in [0.1, 0.15) is 15.8 Å². The zero-order valence-corrected chi connectivity index (χ0v) is 21.1. The standard InChI is InChI=1S/C25H26Cl2N4O4/c1-3-35-22(32)7-5-4-6-12-30-24(34)31(19-13-20(26)29-21(27)14-19)23(33)25(30,2)15-17-8-10-18(16-28)11-9-17/h8-11,13-14H,3-7,12,15H2,1-2H3. The average molecular weight is 517 g/mol. The Hall–Kier alpha value is -3.15. The number of carbonyl (C=O) groups is 3. The molecule has 1 aromatic carbocycles. The Kier molecular flexibility index (Phi) is 8.71. The molecule has 184 valence electrons. The van der Waals surface area contributed by atoms with Gasteiger partial charge in [0.05, 0.1) is 23.9 Å². The van der Waals surface area contributed by atoms with Crippen molar-refractivity contribution >= 4 is 46.8 Å². The van der Waals surface area contributed by atoms with Gasteiger partial charge >= 0.3 is 12.0 Å². The monoisotopic (exact) mass is 516 g/mol. The molecule has 10 heteroatoms. The van der Waals surface area contributed by atoms with Crippen LogP contribution in [0.5, 0.6) is 0 Å². The Balaban J connectivity index is 1.84. The van der Waals surface area contributed by atoms with Gasteiger partial charge in [-0.2, -0.15) is 5.26 Å². The molecule has 1 aliphatic rings. The van der Waals surface area contributed by atoms with Crippen LogP contribution in [0.3, 0.4) is 0 Å². The van der Waals surface area contributed by atoms with Crippen LogP contribution in [0.1, 0.15) is 50.7 Å². The second-order valence-corrected chi connectivity index (χ2v) is 9.20. The molecule has 3 amide bonds. The van der Waals surface area contributed by atoms with Crippen LogP contribution in [-0.4, -0.2) is 46.5 Å². The molecule has 0 bridgehead atoms. The van der Waals surface area contributed by atoms with Crippen molar-refractivity contribution in [1.82, 2.24) is 9.88 Å². The first-order chi connectivity index (χ1) is 16.7. The first-order valence-corrected chi connectivity index (χ1v) is 12.1. The number of aromatic nitrogens is 1. The Labute approximate surface area is 214 Å². The van der Waals surface area contributed by atoms with E-state index < -0.39 is 17.5 Å². The highest BCUT2D eigenvalue weighted by molar-refractivity contribution is 6.33. The number of esters is 1. The number of hydrogen-bond acceptors (Lipinski definition) is 6. The van der Waals surface area contributed by atoms with Gasteiger partial charge in [-0.25, -0.2) is 14.7 Å². The first kappa shape index (κ1) is 26.5. The zero-order chi connectivity index (χ0) is 25.6. The van der Waals surface area contributed by atoms with Crippen LogP contribution in [0.15, 0.2) is 36.4 Å². The maximum Gasteiger partial charge on any atom is 0.332 e. The van der Waals surface area contributed by atoms with Crippen molar-refractivity contribution in [3.05, 3.63) is 57.8 Å². The SMILES string of the molecule is CCOC(=O)CCCCCN1C(=O)N(c2cc(Cl)nc(Cl)c2)C(=O)C1(C)Cc1ccc(C#N)cc1. The molecule has 35 heavy (non-hydrogen) atoms. The molecule has 0 radical (unpaired) electrons. The Morgan fingerprint density at radius 2 is 1.77 bits per heavy atom. The summed E-state index contributed by atoms with van der Waals surface area (Å²) in [4.78, 5) is 45.3. The molecule has 2 heterocycles. The summed E-state index contributed by atoms with van der Waals surface area (Å²) < 4.78 is 4.95. The highest BCUT2D eigenvalue weighted by Gasteiger charge is 2.54. The highest BCUT2D eigenvalue weighted by atomic mass is 35.5. The van der Waals surface area contributed by atoms with Crippen LogP contribution >= 0.6 is 23.2 Å². The van der Waals surface area contributed by atoms with Crippen molar-refractivity contribution in [3.63, 3.8) is 0 Å². The van der Waals surface area contributed by atoms with Crippen molar-refractivity contribution in [3.8, 4) is 6.07 Å². The van der Waals surface area contributed by atoms with E-state index in [9.17, 15) is 14.4 Å². The van der Waals surface area contributed by atoms with E-state index in [2.05, 4.69) is 11.1 Å². The summed E-state index contributed by atoms with van der Waals surface area (Å²) in [7, 11) is 0. The van der Waals surface area contributed by atoms with E-state index in [-0.39, 0.29) is 28.4 Å². The van der Waals surface area contributed by atoms with E-state index in [1.807, 2.05) is 0 Å². The van der Waals surface area contributed by atoms with Crippen LogP contribution in [-0.2, 0) is 20.7 Å². The lowest BCUT2D eigenvalue weighted by molar-refractivity contribution is -0.143. The van der Waals surface area contributed by atoms with Crippen molar-refractivity contribution in [2.24, 2.45) is 0 Å². The van der Waals surface area contributed by atoms with E-state index in [4.69, 9.17) is 33.2 Å². The third kappa shape index (κ3) is 6.11. The normalized spacial score (nSPS) is 17.6. The summed E-state index contributed by atoms with van der Waals surface area (Å²) in [5.74, 6) is -0.653. The molecule has 1 saturated heterocycles. The summed E-state index contributed by atoms with van der Waals surface area (Å²) in [5.41, 5.74) is 0.400. The maximum atomic E-state index is 13.7. The Morgan fingerprint density at radius 1 is 1.11 bits per heavy atom. The maximum absolute atomic E-state index is 13.7. The second kappa shape index (κ2) is 11.5. The quantitative estimate of drug-likeness (QED) is 0.187. The summed E-state index contributed by atoms with van der Waals surface area (Å²) >= 11 is 12.1. The number of carbonyl (C=O) groups excluding carboxylic acids is 3. The lowest BCUT2D eigenvalue weighted by Gasteiger charge is -2.32. The fraction of sp³-hybridized carbons (Fsp3) is 0.400. The number of unbranched alkanes of at least 4 members (excludes halogenated alkanes) is 2. The fourth-order valence-corrected chi connectivity index (χ4v) is 4.59. The van der Waals surface area contributed by atoms with Gasteiger partial charge in [-0.15, -0.1) is 0 Å². The number of amides is 3. The number of benzene rings is 1. The topological polar surface area (TPSA) is 104 Å². The number of anilines is 1. The Morgan fingerprint density at radius 3 is 2.37 bits per heavy atom. The third-order valence-corrected chi connectivity index (χ3v) is 6.27. The predicted octanol–water partition coefficient (Wildman–Crippen LogP) is 5.15. The number of rotatable bonds is 10. The van der Waals surface area contributed by atoms with E-state index in [1.54, 1.807) is 43.0 Å². The number of ether oxygens (including phenoxy) is 1. The van der Waals surface area contributed by atoms with Crippen molar-refractivity contribution < 1.29 is 19.1 Å². The van der Waals surface area contributed by atoms with Gasteiger partial charge in [0.25, 0.3) is 5.91 Å². The molecule has 8 nitrogen and oxygen atoms in total. The molecule has 1 unspecified atom stereocenters. The number of halogens is 2. The lowest BCUT2D eigenvalue weighted by Crippen LogP contribution is -2.49. The lowest BCUT2D eigenvalue weighted by atomic mass is 9.90. The van der Waals surface area contributed by atoms with Crippen LogP contribution < -0.4 is 4.90 Å². The van der Waals surface area contributed by atoms with E-state index in [1.165, 1.54) is 12.1 Å².